The molecule has 1 aromatic carbocycles. The van der Waals surface area contributed by atoms with Crippen LogP contribution < -0.4 is 16.6 Å². The Balaban J connectivity index is 2.01. The standard InChI is InChI=1S/C27H51N3O/c1-2-3-4-5-9-15-22-27(31)25(19-17-23-28)18-12-8-6-7-10-16-24-29-30-26-20-13-11-14-21-26/h11,13-14,20-21,25,27,29-31H,2-10,12,15-19,22-24,28H2,1H3. The minimum atomic E-state index is -0.124. The Hall–Kier alpha value is -1.10. The van der Waals surface area contributed by atoms with Crippen molar-refractivity contribution in [3.63, 3.8) is 0 Å². The van der Waals surface area contributed by atoms with Gasteiger partial charge in [0.25, 0.3) is 0 Å². The first-order valence-electron chi connectivity index (χ1n) is 13.2. The van der Waals surface area contributed by atoms with Gasteiger partial charge in [-0.15, -0.1) is 0 Å². The van der Waals surface area contributed by atoms with E-state index in [1.807, 2.05) is 18.2 Å². The molecular weight excluding hydrogens is 382 g/mol. The van der Waals surface area contributed by atoms with Gasteiger partial charge in [-0.2, -0.15) is 0 Å². The number of hydrogen-bond donors (Lipinski definition) is 4. The first-order chi connectivity index (χ1) is 15.3. The highest BCUT2D eigenvalue weighted by Gasteiger charge is 2.18. The highest BCUT2D eigenvalue weighted by atomic mass is 16.3. The van der Waals surface area contributed by atoms with E-state index in [0.717, 1.165) is 38.0 Å². The van der Waals surface area contributed by atoms with Gasteiger partial charge in [0.15, 0.2) is 0 Å². The van der Waals surface area contributed by atoms with Gasteiger partial charge in [0, 0.05) is 12.2 Å². The summed E-state index contributed by atoms with van der Waals surface area (Å²) in [6.45, 7) is 4.00. The van der Waals surface area contributed by atoms with Gasteiger partial charge >= 0.3 is 0 Å². The van der Waals surface area contributed by atoms with E-state index in [0.29, 0.717) is 5.92 Å². The van der Waals surface area contributed by atoms with Crippen molar-refractivity contribution >= 4 is 5.69 Å². The quantitative estimate of drug-likeness (QED) is 0.120. The first-order valence-corrected chi connectivity index (χ1v) is 13.2. The molecule has 2 atom stereocenters. The first kappa shape index (κ1) is 27.9. The second-order valence-corrected chi connectivity index (χ2v) is 9.14. The lowest BCUT2D eigenvalue weighted by molar-refractivity contribution is 0.0837. The molecule has 0 aliphatic carbocycles. The molecule has 1 rings (SSSR count). The Labute approximate surface area is 192 Å². The lowest BCUT2D eigenvalue weighted by Crippen LogP contribution is -2.22. The largest absolute Gasteiger partial charge is 0.393 e. The minimum Gasteiger partial charge on any atom is -0.393 e. The summed E-state index contributed by atoms with van der Waals surface area (Å²) >= 11 is 0. The lowest BCUT2D eigenvalue weighted by atomic mass is 9.88. The Morgan fingerprint density at radius 3 is 2.00 bits per heavy atom. The topological polar surface area (TPSA) is 70.3 Å². The third-order valence-corrected chi connectivity index (χ3v) is 6.31. The number of anilines is 1. The summed E-state index contributed by atoms with van der Waals surface area (Å²) < 4.78 is 0. The van der Waals surface area contributed by atoms with Crippen LogP contribution in [0.2, 0.25) is 0 Å². The Morgan fingerprint density at radius 1 is 0.742 bits per heavy atom. The molecule has 0 aliphatic heterocycles. The van der Waals surface area contributed by atoms with Crippen LogP contribution in [0.1, 0.15) is 110 Å². The highest BCUT2D eigenvalue weighted by Crippen LogP contribution is 2.24. The van der Waals surface area contributed by atoms with Crippen molar-refractivity contribution in [1.29, 1.82) is 0 Å². The van der Waals surface area contributed by atoms with Crippen LogP contribution in [0.25, 0.3) is 0 Å². The number of aliphatic hydroxyl groups excluding tert-OH is 1. The van der Waals surface area contributed by atoms with Crippen molar-refractivity contribution in [3.05, 3.63) is 30.3 Å². The number of hydrazine groups is 1. The number of hydrogen-bond acceptors (Lipinski definition) is 4. The van der Waals surface area contributed by atoms with Crippen LogP contribution in [0.15, 0.2) is 30.3 Å². The number of nitrogens with one attached hydrogen (secondary N) is 2. The molecule has 5 N–H and O–H groups in total. The third-order valence-electron chi connectivity index (χ3n) is 6.31. The van der Waals surface area contributed by atoms with Crippen molar-refractivity contribution in [2.24, 2.45) is 11.7 Å². The fraction of sp³-hybridized carbons (Fsp3) is 0.778. The second kappa shape index (κ2) is 20.8. The van der Waals surface area contributed by atoms with E-state index < -0.39 is 0 Å². The lowest BCUT2D eigenvalue weighted by Gasteiger charge is -2.23. The fourth-order valence-electron chi connectivity index (χ4n) is 4.29. The number of benzene rings is 1. The average Bonchev–Trinajstić information content (AvgIpc) is 2.79. The molecule has 4 nitrogen and oxygen atoms in total. The zero-order valence-electron chi connectivity index (χ0n) is 20.3. The van der Waals surface area contributed by atoms with Crippen LogP contribution in [0.5, 0.6) is 0 Å². The van der Waals surface area contributed by atoms with Crippen LogP contribution in [0, 0.1) is 5.92 Å². The third kappa shape index (κ3) is 16.2. The molecule has 0 spiro atoms. The van der Waals surface area contributed by atoms with E-state index >= 15 is 0 Å². The fourth-order valence-corrected chi connectivity index (χ4v) is 4.29. The number of aliphatic hydroxyl groups is 1. The van der Waals surface area contributed by atoms with Gasteiger partial charge in [0.1, 0.15) is 0 Å². The molecule has 0 fully saturated rings. The summed E-state index contributed by atoms with van der Waals surface area (Å²) in [5.41, 5.74) is 13.4. The van der Waals surface area contributed by atoms with Gasteiger partial charge in [-0.05, 0) is 56.7 Å². The summed E-state index contributed by atoms with van der Waals surface area (Å²) in [4.78, 5) is 0. The maximum atomic E-state index is 10.7. The summed E-state index contributed by atoms with van der Waals surface area (Å²) in [7, 11) is 0. The smallest absolute Gasteiger partial charge is 0.0568 e. The zero-order valence-corrected chi connectivity index (χ0v) is 20.3. The van der Waals surface area contributed by atoms with Gasteiger partial charge in [0.05, 0.1) is 6.10 Å². The molecule has 0 radical (unpaired) electrons. The Bertz CT molecular complexity index is 483. The molecule has 4 heteroatoms. The normalized spacial score (nSPS) is 13.3. The molecule has 2 unspecified atom stereocenters. The summed E-state index contributed by atoms with van der Waals surface area (Å²) in [5.74, 6) is 0.451. The van der Waals surface area contributed by atoms with E-state index in [-0.39, 0.29) is 6.10 Å². The Morgan fingerprint density at radius 2 is 1.32 bits per heavy atom. The molecular formula is C27H51N3O. The minimum absolute atomic E-state index is 0.124. The van der Waals surface area contributed by atoms with Crippen molar-refractivity contribution in [2.45, 2.75) is 116 Å². The van der Waals surface area contributed by atoms with E-state index in [1.54, 1.807) is 0 Å². The van der Waals surface area contributed by atoms with Crippen LogP contribution in [-0.4, -0.2) is 24.3 Å². The molecule has 0 saturated heterocycles. The van der Waals surface area contributed by atoms with E-state index in [1.165, 1.54) is 83.5 Å². The highest BCUT2D eigenvalue weighted by molar-refractivity contribution is 5.41. The number of nitrogens with two attached hydrogens (primary N) is 1. The van der Waals surface area contributed by atoms with Crippen molar-refractivity contribution < 1.29 is 5.11 Å². The average molecular weight is 434 g/mol. The molecule has 0 bridgehead atoms. The number of rotatable bonds is 22. The van der Waals surface area contributed by atoms with Crippen molar-refractivity contribution in [2.75, 3.05) is 18.5 Å². The van der Waals surface area contributed by atoms with Crippen molar-refractivity contribution in [3.8, 4) is 0 Å². The van der Waals surface area contributed by atoms with Gasteiger partial charge in [-0.25, -0.2) is 5.43 Å². The molecule has 31 heavy (non-hydrogen) atoms. The molecule has 1 aromatic rings. The molecule has 0 saturated carbocycles. The van der Waals surface area contributed by atoms with Gasteiger partial charge in [-0.1, -0.05) is 95.8 Å². The maximum Gasteiger partial charge on any atom is 0.0568 e. The van der Waals surface area contributed by atoms with Crippen LogP contribution in [0.3, 0.4) is 0 Å². The summed E-state index contributed by atoms with van der Waals surface area (Å²) in [6.07, 6.45) is 19.6. The van der Waals surface area contributed by atoms with Gasteiger partial charge < -0.3 is 16.3 Å². The monoisotopic (exact) mass is 433 g/mol. The van der Waals surface area contributed by atoms with Gasteiger partial charge in [0.2, 0.25) is 0 Å². The van der Waals surface area contributed by atoms with E-state index in [4.69, 9.17) is 5.73 Å². The molecule has 0 amide bonds. The summed E-state index contributed by atoms with van der Waals surface area (Å²) in [6, 6.07) is 10.2. The van der Waals surface area contributed by atoms with Crippen LogP contribution >= 0.6 is 0 Å². The summed E-state index contributed by atoms with van der Waals surface area (Å²) in [5, 5.41) is 10.7. The predicted molar refractivity (Wildman–Crippen MR) is 136 cm³/mol. The zero-order chi connectivity index (χ0) is 22.4. The second-order valence-electron chi connectivity index (χ2n) is 9.14. The molecule has 0 aromatic heterocycles. The molecule has 180 valence electrons. The van der Waals surface area contributed by atoms with Crippen molar-refractivity contribution in [1.82, 2.24) is 5.43 Å². The van der Waals surface area contributed by atoms with Crippen LogP contribution in [0.4, 0.5) is 5.69 Å². The maximum absolute atomic E-state index is 10.7. The molecule has 0 aliphatic rings. The van der Waals surface area contributed by atoms with E-state index in [9.17, 15) is 5.11 Å². The van der Waals surface area contributed by atoms with E-state index in [2.05, 4.69) is 29.9 Å². The number of unbranched alkanes of at least 4 members (excludes halogenated alkanes) is 10. The van der Waals surface area contributed by atoms with Gasteiger partial charge in [-0.3, -0.25) is 0 Å². The predicted octanol–water partition coefficient (Wildman–Crippen LogP) is 6.80. The molecule has 0 heterocycles. The Kier molecular flexibility index (Phi) is 18.7. The number of para-hydroxylation sites is 1. The SMILES string of the molecule is CCCCCCCCC(O)C(CCCN)CCCCCCCCNNc1ccccc1. The van der Waals surface area contributed by atoms with Crippen LogP contribution in [-0.2, 0) is 0 Å².